The predicted molar refractivity (Wildman–Crippen MR) is 124 cm³/mol. The Morgan fingerprint density at radius 3 is 2.42 bits per heavy atom. The summed E-state index contributed by atoms with van der Waals surface area (Å²) < 4.78 is 23.1. The molecule has 1 fully saturated rings. The molecule has 2 aromatic rings. The lowest BCUT2D eigenvalue weighted by molar-refractivity contribution is -0.122. The third-order valence-electron chi connectivity index (χ3n) is 5.41. The molecule has 3 N–H and O–H groups in total. The quantitative estimate of drug-likeness (QED) is 0.431. The van der Waals surface area contributed by atoms with Crippen LogP contribution in [0, 0.1) is 5.92 Å². The van der Waals surface area contributed by atoms with Crippen LogP contribution in [0.1, 0.15) is 30.4 Å². The molecule has 8 heteroatoms. The summed E-state index contributed by atoms with van der Waals surface area (Å²) in [6.07, 6.45) is 5.05. The monoisotopic (exact) mass is 442 g/mol. The van der Waals surface area contributed by atoms with Gasteiger partial charge in [0.25, 0.3) is 0 Å². The standard InChI is InChI=1S/C23H30N4O3S/c1-24-23(25-14-13-17-9-11-21(12-10-17)31(2,29)30)26-16-18-5-3-8-20(15-18)27-22(28)19-6-4-7-19/h3,5,8-12,15,19H,4,6-7,13-14,16H2,1-2H3,(H,27,28)(H2,24,25,26). The summed E-state index contributed by atoms with van der Waals surface area (Å²) in [7, 11) is -1.46. The molecular weight excluding hydrogens is 412 g/mol. The molecule has 2 aromatic carbocycles. The number of sulfone groups is 1. The Bertz CT molecular complexity index is 1030. The van der Waals surface area contributed by atoms with Crippen molar-refractivity contribution >= 4 is 27.4 Å². The molecule has 166 valence electrons. The van der Waals surface area contributed by atoms with Gasteiger partial charge in [0.2, 0.25) is 5.91 Å². The highest BCUT2D eigenvalue weighted by molar-refractivity contribution is 7.90. The molecule has 0 spiro atoms. The van der Waals surface area contributed by atoms with Gasteiger partial charge in [-0.1, -0.05) is 30.7 Å². The molecule has 0 aromatic heterocycles. The first-order valence-corrected chi connectivity index (χ1v) is 12.4. The van der Waals surface area contributed by atoms with Crippen molar-refractivity contribution in [3.63, 3.8) is 0 Å². The minimum atomic E-state index is -3.17. The summed E-state index contributed by atoms with van der Waals surface area (Å²) >= 11 is 0. The van der Waals surface area contributed by atoms with E-state index in [9.17, 15) is 13.2 Å². The van der Waals surface area contributed by atoms with Gasteiger partial charge in [0.15, 0.2) is 15.8 Å². The molecule has 0 aliphatic heterocycles. The van der Waals surface area contributed by atoms with Crippen LogP contribution in [0.4, 0.5) is 5.69 Å². The Kier molecular flexibility index (Phi) is 7.68. The van der Waals surface area contributed by atoms with Crippen molar-refractivity contribution in [2.75, 3.05) is 25.2 Å². The van der Waals surface area contributed by atoms with Gasteiger partial charge < -0.3 is 16.0 Å². The topological polar surface area (TPSA) is 99.7 Å². The minimum Gasteiger partial charge on any atom is -0.356 e. The largest absolute Gasteiger partial charge is 0.356 e. The van der Waals surface area contributed by atoms with Crippen LogP contribution in [0.25, 0.3) is 0 Å². The summed E-state index contributed by atoms with van der Waals surface area (Å²) in [6.45, 7) is 1.24. The molecule has 3 rings (SSSR count). The first kappa shape index (κ1) is 22.8. The molecule has 0 atom stereocenters. The SMILES string of the molecule is CN=C(NCCc1ccc(S(C)(=O)=O)cc1)NCc1cccc(NC(=O)C2CCC2)c1. The van der Waals surface area contributed by atoms with Gasteiger partial charge in [-0.3, -0.25) is 9.79 Å². The van der Waals surface area contributed by atoms with Crippen LogP contribution in [0.3, 0.4) is 0 Å². The number of rotatable bonds is 8. The number of hydrogen-bond acceptors (Lipinski definition) is 4. The number of carbonyl (C=O) groups is 1. The van der Waals surface area contributed by atoms with Crippen molar-refractivity contribution in [1.29, 1.82) is 0 Å². The van der Waals surface area contributed by atoms with E-state index in [2.05, 4.69) is 20.9 Å². The zero-order valence-electron chi connectivity index (χ0n) is 18.0. The maximum Gasteiger partial charge on any atom is 0.227 e. The summed E-state index contributed by atoms with van der Waals surface area (Å²) in [4.78, 5) is 16.7. The van der Waals surface area contributed by atoms with Crippen LogP contribution < -0.4 is 16.0 Å². The number of guanidine groups is 1. The average Bonchev–Trinajstić information content (AvgIpc) is 2.69. The van der Waals surface area contributed by atoms with E-state index in [0.717, 1.165) is 42.5 Å². The number of benzene rings is 2. The molecule has 1 amide bonds. The second-order valence-corrected chi connectivity index (χ2v) is 9.85. The van der Waals surface area contributed by atoms with E-state index in [0.29, 0.717) is 23.9 Å². The molecule has 0 saturated heterocycles. The molecule has 0 radical (unpaired) electrons. The highest BCUT2D eigenvalue weighted by atomic mass is 32.2. The van der Waals surface area contributed by atoms with E-state index in [-0.39, 0.29) is 11.8 Å². The first-order valence-electron chi connectivity index (χ1n) is 10.5. The number of hydrogen-bond donors (Lipinski definition) is 3. The first-order chi connectivity index (χ1) is 14.8. The van der Waals surface area contributed by atoms with Gasteiger partial charge in [-0.25, -0.2) is 8.42 Å². The van der Waals surface area contributed by atoms with E-state index in [1.165, 1.54) is 6.26 Å². The van der Waals surface area contributed by atoms with Gasteiger partial charge in [0.1, 0.15) is 0 Å². The lowest BCUT2D eigenvalue weighted by Crippen LogP contribution is -2.37. The zero-order valence-corrected chi connectivity index (χ0v) is 18.8. The van der Waals surface area contributed by atoms with Gasteiger partial charge in [-0.2, -0.15) is 0 Å². The molecule has 1 aliphatic rings. The van der Waals surface area contributed by atoms with Crippen molar-refractivity contribution < 1.29 is 13.2 Å². The van der Waals surface area contributed by atoms with E-state index >= 15 is 0 Å². The Morgan fingerprint density at radius 1 is 1.06 bits per heavy atom. The normalized spacial score (nSPS) is 14.6. The molecule has 7 nitrogen and oxygen atoms in total. The third kappa shape index (κ3) is 6.82. The van der Waals surface area contributed by atoms with Crippen LogP contribution in [0.15, 0.2) is 58.4 Å². The van der Waals surface area contributed by atoms with Crippen LogP contribution >= 0.6 is 0 Å². The molecular formula is C23H30N4O3S. The van der Waals surface area contributed by atoms with Gasteiger partial charge in [-0.15, -0.1) is 0 Å². The Hall–Kier alpha value is -2.87. The van der Waals surface area contributed by atoms with Crippen LogP contribution in [0.2, 0.25) is 0 Å². The van der Waals surface area contributed by atoms with E-state index in [1.807, 2.05) is 36.4 Å². The minimum absolute atomic E-state index is 0.110. The van der Waals surface area contributed by atoms with E-state index in [1.54, 1.807) is 19.2 Å². The van der Waals surface area contributed by atoms with Crippen molar-refractivity contribution in [2.24, 2.45) is 10.9 Å². The van der Waals surface area contributed by atoms with Crippen molar-refractivity contribution in [2.45, 2.75) is 37.1 Å². The second kappa shape index (κ2) is 10.4. The van der Waals surface area contributed by atoms with Crippen LogP contribution in [-0.2, 0) is 27.6 Å². The maximum absolute atomic E-state index is 12.1. The smallest absolute Gasteiger partial charge is 0.227 e. The molecule has 0 unspecified atom stereocenters. The number of amides is 1. The fourth-order valence-electron chi connectivity index (χ4n) is 3.31. The van der Waals surface area contributed by atoms with Crippen molar-refractivity contribution in [3.8, 4) is 0 Å². The average molecular weight is 443 g/mol. The maximum atomic E-state index is 12.1. The number of carbonyl (C=O) groups excluding carboxylic acids is 1. The Balaban J connectivity index is 1.45. The summed E-state index contributed by atoms with van der Waals surface area (Å²) in [6, 6.07) is 14.7. The van der Waals surface area contributed by atoms with Crippen LogP contribution in [-0.4, -0.2) is 40.1 Å². The van der Waals surface area contributed by atoms with Gasteiger partial charge in [0, 0.05) is 38.0 Å². The molecule has 1 saturated carbocycles. The zero-order chi connectivity index (χ0) is 22.3. The summed E-state index contributed by atoms with van der Waals surface area (Å²) in [5.41, 5.74) is 2.91. The van der Waals surface area contributed by atoms with Gasteiger partial charge >= 0.3 is 0 Å². The van der Waals surface area contributed by atoms with Crippen LogP contribution in [0.5, 0.6) is 0 Å². The highest BCUT2D eigenvalue weighted by Gasteiger charge is 2.25. The van der Waals surface area contributed by atoms with Crippen molar-refractivity contribution in [3.05, 3.63) is 59.7 Å². The number of nitrogens with zero attached hydrogens (tertiary/aromatic N) is 1. The fraction of sp³-hybridized carbons (Fsp3) is 0.391. The summed E-state index contributed by atoms with van der Waals surface area (Å²) in [5, 5.41) is 9.54. The van der Waals surface area contributed by atoms with E-state index in [4.69, 9.17) is 0 Å². The Labute approximate surface area is 184 Å². The molecule has 1 aliphatic carbocycles. The van der Waals surface area contributed by atoms with Crippen molar-refractivity contribution in [1.82, 2.24) is 10.6 Å². The van der Waals surface area contributed by atoms with Gasteiger partial charge in [-0.05, 0) is 54.7 Å². The van der Waals surface area contributed by atoms with Gasteiger partial charge in [0.05, 0.1) is 4.90 Å². The lowest BCUT2D eigenvalue weighted by Gasteiger charge is -2.24. The van der Waals surface area contributed by atoms with E-state index < -0.39 is 9.84 Å². The summed E-state index contributed by atoms with van der Waals surface area (Å²) in [5.74, 6) is 0.947. The number of anilines is 1. The highest BCUT2D eigenvalue weighted by Crippen LogP contribution is 2.27. The second-order valence-electron chi connectivity index (χ2n) is 7.84. The number of nitrogens with one attached hydrogen (secondary N) is 3. The molecule has 0 heterocycles. The third-order valence-corrected chi connectivity index (χ3v) is 6.54. The number of aliphatic imine (C=N–C) groups is 1. The predicted octanol–water partition coefficient (Wildman–Crippen LogP) is 2.74. The molecule has 31 heavy (non-hydrogen) atoms. The lowest BCUT2D eigenvalue weighted by atomic mass is 9.85. The Morgan fingerprint density at radius 2 is 1.81 bits per heavy atom. The molecule has 0 bridgehead atoms. The fourth-order valence-corrected chi connectivity index (χ4v) is 3.94.